The number of aryl methyl sites for hydroxylation is 1. The van der Waals surface area contributed by atoms with Crippen LogP contribution in [-0.4, -0.2) is 24.4 Å². The molecule has 0 atom stereocenters. The highest BCUT2D eigenvalue weighted by Gasteiger charge is 2.05. The molecule has 0 amide bonds. The summed E-state index contributed by atoms with van der Waals surface area (Å²) in [6.45, 7) is 16.1. The first-order valence-electron chi connectivity index (χ1n) is 7.62. The van der Waals surface area contributed by atoms with Crippen molar-refractivity contribution >= 4 is 0 Å². The number of benzene rings is 1. The highest BCUT2D eigenvalue weighted by Crippen LogP contribution is 2.21. The molecule has 0 radical (unpaired) electrons. The summed E-state index contributed by atoms with van der Waals surface area (Å²) in [5, 5.41) is 10.9. The Labute approximate surface area is 125 Å². The van der Waals surface area contributed by atoms with E-state index in [-0.39, 0.29) is 12.7 Å². The van der Waals surface area contributed by atoms with Gasteiger partial charge in [0.1, 0.15) is 5.75 Å². The number of aliphatic hydroxyl groups is 1. The third-order valence-electron chi connectivity index (χ3n) is 2.15. The quantitative estimate of drug-likeness (QED) is 0.860. The van der Waals surface area contributed by atoms with Gasteiger partial charge in [0.15, 0.2) is 0 Å². The first-order valence-corrected chi connectivity index (χ1v) is 7.62. The van der Waals surface area contributed by atoms with Gasteiger partial charge in [-0.3, -0.25) is 0 Å². The van der Waals surface area contributed by atoms with E-state index in [1.165, 1.54) is 11.1 Å². The molecule has 0 saturated heterocycles. The Morgan fingerprint density at radius 3 is 2.20 bits per heavy atom. The van der Waals surface area contributed by atoms with Crippen LogP contribution in [0.2, 0.25) is 0 Å². The van der Waals surface area contributed by atoms with Gasteiger partial charge in [-0.1, -0.05) is 32.9 Å². The first kappa shape index (κ1) is 21.2. The molecule has 2 N–H and O–H groups in total. The van der Waals surface area contributed by atoms with Gasteiger partial charge < -0.3 is 15.2 Å². The summed E-state index contributed by atoms with van der Waals surface area (Å²) in [6.07, 6.45) is 0.229. The topological polar surface area (TPSA) is 41.5 Å². The van der Waals surface area contributed by atoms with Crippen LogP contribution in [0.1, 0.15) is 52.7 Å². The number of hydrogen-bond donors (Lipinski definition) is 2. The second-order valence-electron chi connectivity index (χ2n) is 4.37. The number of hydrogen-bond acceptors (Lipinski definition) is 3. The van der Waals surface area contributed by atoms with Gasteiger partial charge in [0.2, 0.25) is 0 Å². The van der Waals surface area contributed by atoms with Crippen LogP contribution in [-0.2, 0) is 6.54 Å². The molecule has 0 aliphatic carbocycles. The molecule has 0 aliphatic heterocycles. The zero-order valence-electron chi connectivity index (χ0n) is 14.3. The minimum absolute atomic E-state index is 0.229. The van der Waals surface area contributed by atoms with Gasteiger partial charge in [-0.15, -0.1) is 0 Å². The Bertz CT molecular complexity index is 325. The van der Waals surface area contributed by atoms with Crippen LogP contribution < -0.4 is 10.1 Å². The Morgan fingerprint density at radius 1 is 1.20 bits per heavy atom. The average Bonchev–Trinajstić information content (AvgIpc) is 2.40. The van der Waals surface area contributed by atoms with Gasteiger partial charge in [0.25, 0.3) is 0 Å². The molecule has 3 heteroatoms. The maximum atomic E-state index is 7.57. The molecular weight excluding hydrogens is 250 g/mol. The maximum absolute atomic E-state index is 7.57. The van der Waals surface area contributed by atoms with E-state index in [2.05, 4.69) is 51.2 Å². The van der Waals surface area contributed by atoms with E-state index in [4.69, 9.17) is 9.84 Å². The smallest absolute Gasteiger partial charge is 0.124 e. The number of nitrogens with one attached hydrogen (secondary N) is 1. The fourth-order valence-electron chi connectivity index (χ4n) is 1.43. The molecule has 0 fully saturated rings. The predicted molar refractivity (Wildman–Crippen MR) is 88.4 cm³/mol. The van der Waals surface area contributed by atoms with Crippen LogP contribution in [0.15, 0.2) is 18.2 Å². The lowest BCUT2D eigenvalue weighted by Crippen LogP contribution is -2.14. The monoisotopic (exact) mass is 283 g/mol. The number of rotatable bonds is 5. The van der Waals surface area contributed by atoms with Crippen molar-refractivity contribution in [1.82, 2.24) is 5.32 Å². The molecule has 3 nitrogen and oxygen atoms in total. The normalized spacial score (nSPS) is 9.25. The summed E-state index contributed by atoms with van der Waals surface area (Å²) >= 11 is 0. The Kier molecular flexibility index (Phi) is 15.2. The van der Waals surface area contributed by atoms with E-state index in [0.717, 1.165) is 18.8 Å². The zero-order valence-corrected chi connectivity index (χ0v) is 14.3. The van der Waals surface area contributed by atoms with Gasteiger partial charge in [-0.05, 0) is 45.9 Å². The summed E-state index contributed by atoms with van der Waals surface area (Å²) in [7, 11) is 0. The standard InChI is InChI=1S/C13H21NO.C2H6O.C2H6/c1-5-14-9-12-7-6-11(4)8-13(12)15-10(2)3;1-2-3;1-2/h6-8,10,14H,5,9H2,1-4H3;3H,2H2,1H3;1-2H3. The van der Waals surface area contributed by atoms with Crippen LogP contribution in [0, 0.1) is 6.92 Å². The van der Waals surface area contributed by atoms with Crippen molar-refractivity contribution in [2.24, 2.45) is 0 Å². The van der Waals surface area contributed by atoms with Crippen LogP contribution in [0.3, 0.4) is 0 Å². The van der Waals surface area contributed by atoms with Crippen molar-refractivity contribution < 1.29 is 9.84 Å². The lowest BCUT2D eigenvalue weighted by Gasteiger charge is -2.15. The maximum Gasteiger partial charge on any atom is 0.124 e. The molecule has 118 valence electrons. The Balaban J connectivity index is 0. The summed E-state index contributed by atoms with van der Waals surface area (Å²) in [6, 6.07) is 6.36. The SMILES string of the molecule is CC.CCNCc1ccc(C)cc1OC(C)C.CCO. The van der Waals surface area contributed by atoms with Crippen molar-refractivity contribution in [3.8, 4) is 5.75 Å². The van der Waals surface area contributed by atoms with Gasteiger partial charge >= 0.3 is 0 Å². The van der Waals surface area contributed by atoms with E-state index in [0.29, 0.717) is 0 Å². The highest BCUT2D eigenvalue weighted by atomic mass is 16.5. The van der Waals surface area contributed by atoms with Crippen molar-refractivity contribution in [1.29, 1.82) is 0 Å². The summed E-state index contributed by atoms with van der Waals surface area (Å²) < 4.78 is 5.78. The molecule has 1 aromatic rings. The van der Waals surface area contributed by atoms with Crippen molar-refractivity contribution in [2.45, 2.75) is 61.1 Å². The minimum Gasteiger partial charge on any atom is -0.491 e. The average molecular weight is 283 g/mol. The second kappa shape index (κ2) is 14.4. The lowest BCUT2D eigenvalue weighted by atomic mass is 10.1. The van der Waals surface area contributed by atoms with Crippen LogP contribution in [0.5, 0.6) is 5.75 Å². The predicted octanol–water partition coefficient (Wildman–Crippen LogP) is 3.92. The fraction of sp³-hybridized carbons (Fsp3) is 0.647. The number of ether oxygens (including phenoxy) is 1. The molecule has 20 heavy (non-hydrogen) atoms. The lowest BCUT2D eigenvalue weighted by molar-refractivity contribution is 0.239. The van der Waals surface area contributed by atoms with Crippen molar-refractivity contribution in [3.63, 3.8) is 0 Å². The molecule has 1 aromatic carbocycles. The molecule has 0 spiro atoms. The Hall–Kier alpha value is -1.06. The second-order valence-corrected chi connectivity index (χ2v) is 4.37. The summed E-state index contributed by atoms with van der Waals surface area (Å²) in [5.41, 5.74) is 2.47. The highest BCUT2D eigenvalue weighted by molar-refractivity contribution is 5.37. The summed E-state index contributed by atoms with van der Waals surface area (Å²) in [4.78, 5) is 0. The van der Waals surface area contributed by atoms with Gasteiger partial charge in [-0.2, -0.15) is 0 Å². The minimum atomic E-state index is 0.229. The van der Waals surface area contributed by atoms with E-state index in [9.17, 15) is 0 Å². The molecule has 0 unspecified atom stereocenters. The zero-order chi connectivity index (χ0) is 16.0. The third kappa shape index (κ3) is 10.8. The molecule has 0 aromatic heterocycles. The van der Waals surface area contributed by atoms with Gasteiger partial charge in [0, 0.05) is 18.7 Å². The summed E-state index contributed by atoms with van der Waals surface area (Å²) in [5.74, 6) is 1.01. The number of aliphatic hydroxyl groups excluding tert-OH is 1. The first-order chi connectivity index (χ1) is 9.54. The third-order valence-corrected chi connectivity index (χ3v) is 2.15. The van der Waals surface area contributed by atoms with Crippen LogP contribution >= 0.6 is 0 Å². The molecule has 0 bridgehead atoms. The molecular formula is C17H33NO2. The van der Waals surface area contributed by atoms with E-state index in [1.807, 2.05) is 13.8 Å². The fourth-order valence-corrected chi connectivity index (χ4v) is 1.43. The van der Waals surface area contributed by atoms with E-state index in [1.54, 1.807) is 6.92 Å². The molecule has 0 heterocycles. The van der Waals surface area contributed by atoms with Crippen molar-refractivity contribution in [3.05, 3.63) is 29.3 Å². The largest absolute Gasteiger partial charge is 0.491 e. The molecule has 0 aliphatic rings. The van der Waals surface area contributed by atoms with Crippen LogP contribution in [0.25, 0.3) is 0 Å². The van der Waals surface area contributed by atoms with Gasteiger partial charge in [-0.25, -0.2) is 0 Å². The van der Waals surface area contributed by atoms with E-state index >= 15 is 0 Å². The van der Waals surface area contributed by atoms with E-state index < -0.39 is 0 Å². The molecule has 0 saturated carbocycles. The Morgan fingerprint density at radius 2 is 1.75 bits per heavy atom. The molecule has 1 rings (SSSR count). The van der Waals surface area contributed by atoms with Gasteiger partial charge in [0.05, 0.1) is 6.10 Å². The van der Waals surface area contributed by atoms with Crippen LogP contribution in [0.4, 0.5) is 0 Å². The van der Waals surface area contributed by atoms with Crippen molar-refractivity contribution in [2.75, 3.05) is 13.2 Å².